The molecule has 2 aromatic carbocycles. The van der Waals surface area contributed by atoms with Gasteiger partial charge < -0.3 is 15.1 Å². The lowest BCUT2D eigenvalue weighted by molar-refractivity contribution is 0.0938. The van der Waals surface area contributed by atoms with E-state index >= 15 is 0 Å². The molecule has 2 N–H and O–H groups in total. The minimum Gasteiger partial charge on any atom is -0.448 e. The third-order valence-corrected chi connectivity index (χ3v) is 5.26. The summed E-state index contributed by atoms with van der Waals surface area (Å²) in [6, 6.07) is 17.0. The number of nitrogens with one attached hydrogen (secondary N) is 2. The van der Waals surface area contributed by atoms with Gasteiger partial charge in [0.1, 0.15) is 6.26 Å². The summed E-state index contributed by atoms with van der Waals surface area (Å²) in [6.07, 6.45) is 3.55. The van der Waals surface area contributed by atoms with Gasteiger partial charge in [0.2, 0.25) is 0 Å². The summed E-state index contributed by atoms with van der Waals surface area (Å²) < 4.78 is 5.60. The highest BCUT2D eigenvalue weighted by molar-refractivity contribution is 6.30. The quantitative estimate of drug-likeness (QED) is 0.675. The van der Waals surface area contributed by atoms with Crippen LogP contribution in [-0.2, 0) is 0 Å². The highest BCUT2D eigenvalue weighted by atomic mass is 35.5. The van der Waals surface area contributed by atoms with Crippen LogP contribution in [0.15, 0.2) is 65.3 Å². The molecule has 0 radical (unpaired) electrons. The van der Waals surface area contributed by atoms with E-state index in [1.165, 1.54) is 6.26 Å². The van der Waals surface area contributed by atoms with Gasteiger partial charge in [-0.2, -0.15) is 0 Å². The van der Waals surface area contributed by atoms with E-state index in [1.807, 2.05) is 54.6 Å². The van der Waals surface area contributed by atoms with Crippen molar-refractivity contribution >= 4 is 17.5 Å². The van der Waals surface area contributed by atoms with Gasteiger partial charge in [0.15, 0.2) is 11.6 Å². The Hall–Kier alpha value is -2.63. The predicted octanol–water partition coefficient (Wildman–Crippen LogP) is 4.31. The molecule has 1 saturated heterocycles. The van der Waals surface area contributed by atoms with E-state index in [4.69, 9.17) is 16.0 Å². The fourth-order valence-corrected chi connectivity index (χ4v) is 3.63. The number of hydrogen-bond acceptors (Lipinski definition) is 4. The van der Waals surface area contributed by atoms with Gasteiger partial charge in [-0.25, -0.2) is 4.98 Å². The average Bonchev–Trinajstić information content (AvgIpc) is 3.24. The molecular formula is C22H22ClN3O2. The van der Waals surface area contributed by atoms with Crippen LogP contribution in [0.4, 0.5) is 0 Å². The number of rotatable bonds is 5. The Morgan fingerprint density at radius 1 is 1.14 bits per heavy atom. The zero-order chi connectivity index (χ0) is 19.3. The van der Waals surface area contributed by atoms with E-state index < -0.39 is 0 Å². The second-order valence-corrected chi connectivity index (χ2v) is 7.42. The normalized spacial score (nSPS) is 17.8. The van der Waals surface area contributed by atoms with Gasteiger partial charge in [-0.15, -0.1) is 0 Å². The van der Waals surface area contributed by atoms with Crippen molar-refractivity contribution in [2.24, 2.45) is 0 Å². The SMILES string of the molecule is O=C(NC(c1ccccc1)c1ccc(Cl)cc1)c1coc(C2CCCNC2)n1. The number of piperidine rings is 1. The summed E-state index contributed by atoms with van der Waals surface area (Å²) >= 11 is 6.03. The number of carbonyl (C=O) groups excluding carboxylic acids is 1. The smallest absolute Gasteiger partial charge is 0.273 e. The molecule has 5 nitrogen and oxygen atoms in total. The molecule has 1 aromatic heterocycles. The Bertz CT molecular complexity index is 918. The summed E-state index contributed by atoms with van der Waals surface area (Å²) in [5.74, 6) is 0.583. The number of hydrogen-bond donors (Lipinski definition) is 2. The first kappa shape index (κ1) is 18.7. The van der Waals surface area contributed by atoms with E-state index in [2.05, 4.69) is 15.6 Å². The summed E-state index contributed by atoms with van der Waals surface area (Å²) in [7, 11) is 0. The summed E-state index contributed by atoms with van der Waals surface area (Å²) in [5.41, 5.74) is 2.23. The molecule has 1 aliphatic heterocycles. The van der Waals surface area contributed by atoms with Crippen molar-refractivity contribution in [1.29, 1.82) is 0 Å². The van der Waals surface area contributed by atoms with Gasteiger partial charge in [-0.1, -0.05) is 54.1 Å². The van der Waals surface area contributed by atoms with Crippen LogP contribution in [0, 0.1) is 0 Å². The number of halogens is 1. The molecule has 1 amide bonds. The summed E-state index contributed by atoms with van der Waals surface area (Å²) in [6.45, 7) is 1.85. The Labute approximate surface area is 169 Å². The van der Waals surface area contributed by atoms with Crippen LogP contribution in [0.3, 0.4) is 0 Å². The molecule has 3 aromatic rings. The van der Waals surface area contributed by atoms with Crippen LogP contribution >= 0.6 is 11.6 Å². The Balaban J connectivity index is 1.55. The van der Waals surface area contributed by atoms with E-state index in [9.17, 15) is 4.79 Å². The van der Waals surface area contributed by atoms with Gasteiger partial charge in [0.25, 0.3) is 5.91 Å². The fraction of sp³-hybridized carbons (Fsp3) is 0.273. The number of amides is 1. The van der Waals surface area contributed by atoms with Gasteiger partial charge >= 0.3 is 0 Å². The first-order chi connectivity index (χ1) is 13.7. The Kier molecular flexibility index (Phi) is 5.74. The van der Waals surface area contributed by atoms with Crippen molar-refractivity contribution in [2.75, 3.05) is 13.1 Å². The second kappa shape index (κ2) is 8.59. The Morgan fingerprint density at radius 2 is 1.89 bits per heavy atom. The number of carbonyl (C=O) groups is 1. The highest BCUT2D eigenvalue weighted by Gasteiger charge is 2.24. The van der Waals surface area contributed by atoms with Gasteiger partial charge in [-0.05, 0) is 42.6 Å². The van der Waals surface area contributed by atoms with E-state index in [1.54, 1.807) is 0 Å². The van der Waals surface area contributed by atoms with Crippen LogP contribution in [-0.4, -0.2) is 24.0 Å². The zero-order valence-corrected chi connectivity index (χ0v) is 16.2. The van der Waals surface area contributed by atoms with Crippen molar-refractivity contribution in [1.82, 2.24) is 15.6 Å². The predicted molar refractivity (Wildman–Crippen MR) is 109 cm³/mol. The summed E-state index contributed by atoms with van der Waals surface area (Å²) in [4.78, 5) is 17.3. The molecule has 0 aliphatic carbocycles. The topological polar surface area (TPSA) is 67.2 Å². The number of aromatic nitrogens is 1. The molecule has 0 spiro atoms. The molecular weight excluding hydrogens is 374 g/mol. The fourth-order valence-electron chi connectivity index (χ4n) is 3.51. The molecule has 0 saturated carbocycles. The van der Waals surface area contributed by atoms with Crippen molar-refractivity contribution < 1.29 is 9.21 Å². The maximum atomic E-state index is 12.9. The first-order valence-electron chi connectivity index (χ1n) is 9.48. The maximum Gasteiger partial charge on any atom is 0.273 e. The minimum atomic E-state index is -0.303. The van der Waals surface area contributed by atoms with Crippen LogP contribution in [0.1, 0.15) is 52.3 Å². The lowest BCUT2D eigenvalue weighted by Gasteiger charge is -2.20. The van der Waals surface area contributed by atoms with Gasteiger partial charge in [-0.3, -0.25) is 4.79 Å². The zero-order valence-electron chi connectivity index (χ0n) is 15.4. The lowest BCUT2D eigenvalue weighted by Crippen LogP contribution is -2.30. The molecule has 0 bridgehead atoms. The van der Waals surface area contributed by atoms with Crippen LogP contribution < -0.4 is 10.6 Å². The lowest BCUT2D eigenvalue weighted by atomic mass is 9.98. The Morgan fingerprint density at radius 3 is 2.61 bits per heavy atom. The molecule has 4 rings (SSSR count). The van der Waals surface area contributed by atoms with Gasteiger partial charge in [0, 0.05) is 17.5 Å². The first-order valence-corrected chi connectivity index (χ1v) is 9.86. The molecule has 1 aliphatic rings. The van der Waals surface area contributed by atoms with Crippen molar-refractivity contribution in [3.8, 4) is 0 Å². The van der Waals surface area contributed by atoms with E-state index in [-0.39, 0.29) is 17.9 Å². The third-order valence-electron chi connectivity index (χ3n) is 5.01. The number of nitrogens with zero attached hydrogens (tertiary/aromatic N) is 1. The van der Waals surface area contributed by atoms with E-state index in [0.29, 0.717) is 16.6 Å². The second-order valence-electron chi connectivity index (χ2n) is 6.98. The standard InChI is InChI=1S/C22H22ClN3O2/c23-18-10-8-16(9-11-18)20(15-5-2-1-3-6-15)26-21(27)19-14-28-22(25-19)17-7-4-12-24-13-17/h1-3,5-6,8-11,14,17,20,24H,4,7,12-13H2,(H,26,27). The van der Waals surface area contributed by atoms with Gasteiger partial charge in [0.05, 0.1) is 6.04 Å². The average molecular weight is 396 g/mol. The number of benzene rings is 2. The molecule has 28 heavy (non-hydrogen) atoms. The highest BCUT2D eigenvalue weighted by Crippen LogP contribution is 2.25. The molecule has 2 unspecified atom stereocenters. The molecule has 2 heterocycles. The molecule has 2 atom stereocenters. The number of oxazole rings is 1. The minimum absolute atomic E-state index is 0.219. The van der Waals surface area contributed by atoms with Crippen molar-refractivity contribution in [3.05, 3.63) is 88.6 Å². The largest absolute Gasteiger partial charge is 0.448 e. The monoisotopic (exact) mass is 395 g/mol. The summed E-state index contributed by atoms with van der Waals surface area (Å²) in [5, 5.41) is 7.08. The van der Waals surface area contributed by atoms with Crippen molar-refractivity contribution in [2.45, 2.75) is 24.8 Å². The van der Waals surface area contributed by atoms with Crippen molar-refractivity contribution in [3.63, 3.8) is 0 Å². The maximum absolute atomic E-state index is 12.9. The molecule has 1 fully saturated rings. The van der Waals surface area contributed by atoms with Crippen LogP contribution in [0.25, 0.3) is 0 Å². The van der Waals surface area contributed by atoms with Crippen LogP contribution in [0.5, 0.6) is 0 Å². The molecule has 6 heteroatoms. The molecule has 144 valence electrons. The van der Waals surface area contributed by atoms with Crippen LogP contribution in [0.2, 0.25) is 5.02 Å². The third kappa shape index (κ3) is 4.26. The van der Waals surface area contributed by atoms with E-state index in [0.717, 1.165) is 37.1 Å².